The van der Waals surface area contributed by atoms with E-state index in [-0.39, 0.29) is 0 Å². The Morgan fingerprint density at radius 2 is 1.32 bits per heavy atom. The van der Waals surface area contributed by atoms with Crippen molar-refractivity contribution in [3.8, 4) is 0 Å². The van der Waals surface area contributed by atoms with Crippen molar-refractivity contribution < 1.29 is 0 Å². The fourth-order valence-electron chi connectivity index (χ4n) is 2.53. The molecule has 0 aliphatic rings. The molecule has 0 fully saturated rings. The summed E-state index contributed by atoms with van der Waals surface area (Å²) in [5.74, 6) is 0. The van der Waals surface area contributed by atoms with Gasteiger partial charge in [0.1, 0.15) is 0 Å². The van der Waals surface area contributed by atoms with Crippen LogP contribution in [0, 0.1) is 0 Å². The van der Waals surface area contributed by atoms with Gasteiger partial charge < -0.3 is 16.0 Å². The minimum Gasteiger partial charge on any atom is -0.355 e. The van der Waals surface area contributed by atoms with Crippen LogP contribution in [-0.4, -0.2) is 5.11 Å². The van der Waals surface area contributed by atoms with Crippen molar-refractivity contribution in [1.29, 1.82) is 0 Å². The fourth-order valence-corrected chi connectivity index (χ4v) is 2.76. The number of nitrogens with one attached hydrogen (secondary N) is 3. The summed E-state index contributed by atoms with van der Waals surface area (Å²) in [5, 5.41) is 10.4. The van der Waals surface area contributed by atoms with Crippen molar-refractivity contribution >= 4 is 40.1 Å². The highest BCUT2D eigenvalue weighted by Gasteiger charge is 2.01. The first kappa shape index (κ1) is 17.0. The summed E-state index contributed by atoms with van der Waals surface area (Å²) in [7, 11) is 0. The number of hydrogen-bond donors (Lipinski definition) is 3. The van der Waals surface area contributed by atoms with Gasteiger partial charge in [-0.15, -0.1) is 0 Å². The molecule has 0 saturated carbocycles. The maximum absolute atomic E-state index is 5.43. The van der Waals surface area contributed by atoms with Crippen LogP contribution in [0.25, 0.3) is 0 Å². The van der Waals surface area contributed by atoms with E-state index >= 15 is 0 Å². The maximum Gasteiger partial charge on any atom is 0.175 e. The maximum atomic E-state index is 5.43. The summed E-state index contributed by atoms with van der Waals surface area (Å²) in [6.45, 7) is 2.14. The van der Waals surface area contributed by atoms with Crippen molar-refractivity contribution in [2.24, 2.45) is 0 Å². The average molecular weight is 347 g/mol. The van der Waals surface area contributed by atoms with Crippen LogP contribution in [0.4, 0.5) is 22.7 Å². The van der Waals surface area contributed by atoms with E-state index in [2.05, 4.69) is 35.0 Å². The van der Waals surface area contributed by atoms with Crippen LogP contribution >= 0.6 is 12.2 Å². The van der Waals surface area contributed by atoms with Gasteiger partial charge >= 0.3 is 0 Å². The first-order chi connectivity index (χ1) is 12.2. The Kier molecular flexibility index (Phi) is 5.65. The molecular formula is C21H21N3S. The zero-order valence-electron chi connectivity index (χ0n) is 14.1. The van der Waals surface area contributed by atoms with E-state index in [1.807, 2.05) is 66.7 Å². The van der Waals surface area contributed by atoms with Crippen molar-refractivity contribution in [1.82, 2.24) is 0 Å². The first-order valence-electron chi connectivity index (χ1n) is 8.32. The molecule has 0 unspecified atom stereocenters. The third-order valence-corrected chi connectivity index (χ3v) is 3.98. The molecule has 0 aliphatic carbocycles. The third-order valence-electron chi connectivity index (χ3n) is 3.78. The number of para-hydroxylation sites is 1. The number of rotatable bonds is 5. The van der Waals surface area contributed by atoms with Gasteiger partial charge in [-0.2, -0.15) is 0 Å². The molecule has 0 saturated heterocycles. The molecule has 4 heteroatoms. The van der Waals surface area contributed by atoms with E-state index in [0.717, 1.165) is 29.2 Å². The van der Waals surface area contributed by atoms with E-state index < -0.39 is 0 Å². The molecule has 3 nitrogen and oxygen atoms in total. The minimum absolute atomic E-state index is 0.574. The van der Waals surface area contributed by atoms with Gasteiger partial charge in [0, 0.05) is 22.7 Å². The molecule has 0 radical (unpaired) electrons. The van der Waals surface area contributed by atoms with Gasteiger partial charge in [-0.3, -0.25) is 0 Å². The molecule has 3 aromatic rings. The molecular weight excluding hydrogens is 326 g/mol. The van der Waals surface area contributed by atoms with E-state index in [9.17, 15) is 0 Å². The number of aryl methyl sites for hydroxylation is 1. The highest BCUT2D eigenvalue weighted by molar-refractivity contribution is 7.80. The monoisotopic (exact) mass is 347 g/mol. The Labute approximate surface area is 154 Å². The number of benzene rings is 3. The van der Waals surface area contributed by atoms with Crippen molar-refractivity contribution in [3.05, 3.63) is 84.4 Å². The molecule has 0 atom stereocenters. The lowest BCUT2D eigenvalue weighted by atomic mass is 10.1. The molecule has 0 aromatic heterocycles. The lowest BCUT2D eigenvalue weighted by Gasteiger charge is -2.13. The summed E-state index contributed by atoms with van der Waals surface area (Å²) in [6, 6.07) is 26.4. The second-order valence-corrected chi connectivity index (χ2v) is 6.11. The van der Waals surface area contributed by atoms with Crippen LogP contribution < -0.4 is 16.0 Å². The highest BCUT2D eigenvalue weighted by atomic mass is 32.1. The largest absolute Gasteiger partial charge is 0.355 e. The smallest absolute Gasteiger partial charge is 0.175 e. The van der Waals surface area contributed by atoms with Gasteiger partial charge in [0.15, 0.2) is 5.11 Å². The Balaban J connectivity index is 1.64. The molecule has 3 N–H and O–H groups in total. The molecule has 0 aliphatic heterocycles. The first-order valence-corrected chi connectivity index (χ1v) is 8.73. The quantitative estimate of drug-likeness (QED) is 0.510. The van der Waals surface area contributed by atoms with Crippen LogP contribution in [0.3, 0.4) is 0 Å². The summed E-state index contributed by atoms with van der Waals surface area (Å²) in [4.78, 5) is 0. The molecule has 0 bridgehead atoms. The van der Waals surface area contributed by atoms with Gasteiger partial charge in [0.25, 0.3) is 0 Å². The van der Waals surface area contributed by atoms with Crippen molar-refractivity contribution in [2.75, 3.05) is 16.0 Å². The van der Waals surface area contributed by atoms with E-state index in [4.69, 9.17) is 12.2 Å². The zero-order chi connectivity index (χ0) is 17.5. The van der Waals surface area contributed by atoms with E-state index in [1.165, 1.54) is 5.56 Å². The van der Waals surface area contributed by atoms with Gasteiger partial charge in [-0.05, 0) is 66.7 Å². The normalized spacial score (nSPS) is 10.1. The second kappa shape index (κ2) is 8.31. The minimum atomic E-state index is 0.574. The second-order valence-electron chi connectivity index (χ2n) is 5.70. The van der Waals surface area contributed by atoms with Gasteiger partial charge in [-0.25, -0.2) is 0 Å². The number of thiocarbonyl (C=S) groups is 1. The van der Waals surface area contributed by atoms with Crippen LogP contribution in [0.5, 0.6) is 0 Å². The van der Waals surface area contributed by atoms with Crippen LogP contribution in [-0.2, 0) is 6.42 Å². The predicted octanol–water partition coefficient (Wildman–Crippen LogP) is 5.80. The summed E-state index contributed by atoms with van der Waals surface area (Å²) in [5.41, 5.74) is 5.27. The van der Waals surface area contributed by atoms with Gasteiger partial charge in [0.2, 0.25) is 0 Å². The molecule has 126 valence electrons. The molecule has 25 heavy (non-hydrogen) atoms. The van der Waals surface area contributed by atoms with Gasteiger partial charge in [0.05, 0.1) is 0 Å². The SMILES string of the molecule is CCc1cccc(NC(=S)Nc2cccc(Nc3ccccc3)c2)c1. The Morgan fingerprint density at radius 3 is 2.04 bits per heavy atom. The van der Waals surface area contributed by atoms with Crippen molar-refractivity contribution in [2.45, 2.75) is 13.3 Å². The Hall–Kier alpha value is -2.85. The van der Waals surface area contributed by atoms with Gasteiger partial charge in [-0.1, -0.05) is 43.3 Å². The highest BCUT2D eigenvalue weighted by Crippen LogP contribution is 2.20. The molecule has 0 spiro atoms. The fraction of sp³-hybridized carbons (Fsp3) is 0.0952. The standard InChI is InChI=1S/C21H21N3S/c1-2-16-8-6-11-18(14-16)23-21(25)24-20-13-7-12-19(15-20)22-17-9-4-3-5-10-17/h3-15,22H,2H2,1H3,(H2,23,24,25). The number of hydrogen-bond acceptors (Lipinski definition) is 2. The topological polar surface area (TPSA) is 36.1 Å². The van der Waals surface area contributed by atoms with Crippen LogP contribution in [0.1, 0.15) is 12.5 Å². The van der Waals surface area contributed by atoms with Crippen LogP contribution in [0.2, 0.25) is 0 Å². The van der Waals surface area contributed by atoms with E-state index in [0.29, 0.717) is 5.11 Å². The summed E-state index contributed by atoms with van der Waals surface area (Å²) >= 11 is 5.43. The third kappa shape index (κ3) is 5.06. The average Bonchev–Trinajstić information content (AvgIpc) is 2.63. The number of anilines is 4. The molecule has 0 amide bonds. The molecule has 0 heterocycles. The van der Waals surface area contributed by atoms with Crippen molar-refractivity contribution in [3.63, 3.8) is 0 Å². The lowest BCUT2D eigenvalue weighted by molar-refractivity contribution is 1.14. The molecule has 3 aromatic carbocycles. The summed E-state index contributed by atoms with van der Waals surface area (Å²) < 4.78 is 0. The Bertz CT molecular complexity index is 847. The predicted molar refractivity (Wildman–Crippen MR) is 112 cm³/mol. The Morgan fingerprint density at radius 1 is 0.720 bits per heavy atom. The zero-order valence-corrected chi connectivity index (χ0v) is 14.9. The van der Waals surface area contributed by atoms with E-state index in [1.54, 1.807) is 0 Å². The van der Waals surface area contributed by atoms with Crippen LogP contribution in [0.15, 0.2) is 78.9 Å². The summed E-state index contributed by atoms with van der Waals surface area (Å²) in [6.07, 6.45) is 1.00. The lowest BCUT2D eigenvalue weighted by Crippen LogP contribution is -2.19. The molecule has 3 rings (SSSR count).